The number of aromatic nitrogens is 3. The van der Waals surface area contributed by atoms with E-state index in [-0.39, 0.29) is 36.2 Å². The van der Waals surface area contributed by atoms with Gasteiger partial charge in [0, 0.05) is 23.9 Å². The number of benzene rings is 3. The number of alkyl halides is 3. The predicted octanol–water partition coefficient (Wildman–Crippen LogP) is 5.37. The lowest BCUT2D eigenvalue weighted by molar-refractivity contribution is -0.137. The molecule has 1 aromatic heterocycles. The SMILES string of the molecule is COCCOc1nc(-c2cccc(C(F)(F)F)c2)n(-c2cccc(NC(=O)c3cccc(F)c3)c2)n1. The van der Waals surface area contributed by atoms with Gasteiger partial charge in [0.25, 0.3) is 5.91 Å². The van der Waals surface area contributed by atoms with Crippen LogP contribution in [0.15, 0.2) is 72.8 Å². The molecule has 0 saturated heterocycles. The summed E-state index contributed by atoms with van der Waals surface area (Å²) in [6, 6.07) is 16.3. The zero-order valence-electron chi connectivity index (χ0n) is 18.9. The highest BCUT2D eigenvalue weighted by Gasteiger charge is 2.31. The van der Waals surface area contributed by atoms with Crippen LogP contribution in [0.1, 0.15) is 15.9 Å². The molecule has 0 bridgehead atoms. The van der Waals surface area contributed by atoms with Crippen LogP contribution in [0.5, 0.6) is 6.01 Å². The Hall–Kier alpha value is -4.25. The van der Waals surface area contributed by atoms with Crippen LogP contribution in [0.4, 0.5) is 23.2 Å². The van der Waals surface area contributed by atoms with E-state index in [9.17, 15) is 22.4 Å². The summed E-state index contributed by atoms with van der Waals surface area (Å²) in [5, 5.41) is 6.96. The summed E-state index contributed by atoms with van der Waals surface area (Å²) in [5.41, 5.74) is 0.197. The van der Waals surface area contributed by atoms with Crippen LogP contribution in [-0.4, -0.2) is 41.0 Å². The Morgan fingerprint density at radius 1 is 1.00 bits per heavy atom. The molecule has 0 fully saturated rings. The zero-order chi connectivity index (χ0) is 25.7. The van der Waals surface area contributed by atoms with Crippen molar-refractivity contribution in [3.8, 4) is 23.1 Å². The molecule has 0 saturated carbocycles. The Balaban J connectivity index is 1.70. The first-order valence-electron chi connectivity index (χ1n) is 10.7. The van der Waals surface area contributed by atoms with Crippen LogP contribution in [0.2, 0.25) is 0 Å². The van der Waals surface area contributed by atoms with E-state index in [2.05, 4.69) is 15.4 Å². The molecule has 3 aromatic carbocycles. The van der Waals surface area contributed by atoms with Crippen molar-refractivity contribution in [2.75, 3.05) is 25.6 Å². The van der Waals surface area contributed by atoms with Crippen LogP contribution in [0, 0.1) is 5.82 Å². The molecule has 0 unspecified atom stereocenters. The van der Waals surface area contributed by atoms with Gasteiger partial charge in [-0.3, -0.25) is 4.79 Å². The number of anilines is 1. The van der Waals surface area contributed by atoms with E-state index in [0.29, 0.717) is 11.4 Å². The first-order chi connectivity index (χ1) is 17.2. The summed E-state index contributed by atoms with van der Waals surface area (Å²) < 4.78 is 65.2. The lowest BCUT2D eigenvalue weighted by Gasteiger charge is -2.11. The molecule has 0 aliphatic carbocycles. The third kappa shape index (κ3) is 5.87. The number of methoxy groups -OCH3 is 1. The van der Waals surface area contributed by atoms with Crippen LogP contribution >= 0.6 is 0 Å². The minimum absolute atomic E-state index is 0.0614. The number of carbonyl (C=O) groups excluding carboxylic acids is 1. The maximum Gasteiger partial charge on any atom is 0.416 e. The fourth-order valence-corrected chi connectivity index (χ4v) is 3.32. The third-order valence-corrected chi connectivity index (χ3v) is 4.99. The average Bonchev–Trinajstić information content (AvgIpc) is 3.28. The molecule has 1 heterocycles. The second-order valence-corrected chi connectivity index (χ2v) is 7.56. The molecule has 11 heteroatoms. The molecule has 0 spiro atoms. The summed E-state index contributed by atoms with van der Waals surface area (Å²) in [7, 11) is 1.49. The van der Waals surface area contributed by atoms with Crippen molar-refractivity contribution in [1.29, 1.82) is 0 Å². The van der Waals surface area contributed by atoms with Crippen molar-refractivity contribution in [2.45, 2.75) is 6.18 Å². The number of rotatable bonds is 8. The molecule has 186 valence electrons. The van der Waals surface area contributed by atoms with Crippen LogP contribution in [-0.2, 0) is 10.9 Å². The van der Waals surface area contributed by atoms with Gasteiger partial charge in [0.1, 0.15) is 12.4 Å². The molecule has 0 radical (unpaired) electrons. The van der Waals surface area contributed by atoms with Crippen molar-refractivity contribution >= 4 is 11.6 Å². The van der Waals surface area contributed by atoms with Gasteiger partial charge in [-0.15, -0.1) is 5.10 Å². The summed E-state index contributed by atoms with van der Waals surface area (Å²) in [4.78, 5) is 16.8. The lowest BCUT2D eigenvalue weighted by Crippen LogP contribution is -2.12. The minimum atomic E-state index is -4.54. The van der Waals surface area contributed by atoms with Crippen molar-refractivity contribution in [1.82, 2.24) is 14.8 Å². The Morgan fingerprint density at radius 2 is 1.78 bits per heavy atom. The highest BCUT2D eigenvalue weighted by atomic mass is 19.4. The van der Waals surface area contributed by atoms with Crippen LogP contribution in [0.25, 0.3) is 17.1 Å². The summed E-state index contributed by atoms with van der Waals surface area (Å²) in [6.07, 6.45) is -4.54. The number of nitrogens with one attached hydrogen (secondary N) is 1. The molecule has 1 N–H and O–H groups in total. The first-order valence-corrected chi connectivity index (χ1v) is 10.7. The average molecular weight is 500 g/mol. The Kier molecular flexibility index (Phi) is 7.30. The van der Waals surface area contributed by atoms with Crippen molar-refractivity contribution in [3.05, 3.63) is 89.7 Å². The fourth-order valence-electron chi connectivity index (χ4n) is 3.32. The summed E-state index contributed by atoms with van der Waals surface area (Å²) >= 11 is 0. The molecule has 4 aromatic rings. The zero-order valence-corrected chi connectivity index (χ0v) is 18.9. The molecule has 0 atom stereocenters. The van der Waals surface area contributed by atoms with E-state index in [1.807, 2.05) is 0 Å². The lowest BCUT2D eigenvalue weighted by atomic mass is 10.1. The van der Waals surface area contributed by atoms with Crippen LogP contribution in [0.3, 0.4) is 0 Å². The molecule has 7 nitrogen and oxygen atoms in total. The van der Waals surface area contributed by atoms with Gasteiger partial charge in [0.05, 0.1) is 17.9 Å². The normalized spacial score (nSPS) is 11.4. The number of amides is 1. The quantitative estimate of drug-likeness (QED) is 0.260. The molecule has 0 aliphatic heterocycles. The summed E-state index contributed by atoms with van der Waals surface area (Å²) in [5.74, 6) is -0.986. The minimum Gasteiger partial charge on any atom is -0.460 e. The maximum atomic E-state index is 13.5. The van der Waals surface area contributed by atoms with Crippen molar-refractivity contribution in [2.24, 2.45) is 0 Å². The topological polar surface area (TPSA) is 78.3 Å². The van der Waals surface area contributed by atoms with E-state index >= 15 is 0 Å². The highest BCUT2D eigenvalue weighted by molar-refractivity contribution is 6.04. The third-order valence-electron chi connectivity index (χ3n) is 4.99. The van der Waals surface area contributed by atoms with Crippen molar-refractivity contribution < 1.29 is 31.8 Å². The van der Waals surface area contributed by atoms with Gasteiger partial charge in [-0.1, -0.05) is 24.3 Å². The predicted molar refractivity (Wildman–Crippen MR) is 124 cm³/mol. The van der Waals surface area contributed by atoms with E-state index in [4.69, 9.17) is 9.47 Å². The number of ether oxygens (including phenoxy) is 2. The number of nitrogens with zero attached hydrogens (tertiary/aromatic N) is 3. The Labute approximate surface area is 203 Å². The van der Waals surface area contributed by atoms with Crippen LogP contribution < -0.4 is 10.1 Å². The monoisotopic (exact) mass is 500 g/mol. The van der Waals surface area contributed by atoms with Gasteiger partial charge < -0.3 is 14.8 Å². The molecular weight excluding hydrogens is 480 g/mol. The van der Waals surface area contributed by atoms with Gasteiger partial charge in [-0.25, -0.2) is 9.07 Å². The highest BCUT2D eigenvalue weighted by Crippen LogP contribution is 2.33. The van der Waals surface area contributed by atoms with Gasteiger partial charge in [0.2, 0.25) is 0 Å². The molecule has 36 heavy (non-hydrogen) atoms. The van der Waals surface area contributed by atoms with E-state index in [1.54, 1.807) is 24.3 Å². The second kappa shape index (κ2) is 10.6. The molecule has 1 amide bonds. The van der Waals surface area contributed by atoms with E-state index in [1.165, 1.54) is 42.1 Å². The Morgan fingerprint density at radius 3 is 2.53 bits per heavy atom. The number of hydrogen-bond donors (Lipinski definition) is 1. The molecule has 0 aliphatic rings. The summed E-state index contributed by atoms with van der Waals surface area (Å²) in [6.45, 7) is 0.390. The number of halogens is 4. The smallest absolute Gasteiger partial charge is 0.416 e. The second-order valence-electron chi connectivity index (χ2n) is 7.56. The van der Waals surface area contributed by atoms with Gasteiger partial charge >= 0.3 is 12.2 Å². The standard InChI is InChI=1S/C25H20F4N4O3/c1-35-11-12-36-24-31-22(16-5-2-7-18(13-16)25(27,28)29)33(32-24)21-10-4-9-20(15-21)30-23(34)17-6-3-8-19(26)14-17/h2-10,13-15H,11-12H2,1H3,(H,30,34). The van der Waals surface area contributed by atoms with E-state index < -0.39 is 23.5 Å². The van der Waals surface area contributed by atoms with Gasteiger partial charge in [0.15, 0.2) is 5.82 Å². The largest absolute Gasteiger partial charge is 0.460 e. The number of hydrogen-bond acceptors (Lipinski definition) is 5. The van der Waals surface area contributed by atoms with E-state index in [0.717, 1.165) is 18.2 Å². The van der Waals surface area contributed by atoms with Crippen molar-refractivity contribution in [3.63, 3.8) is 0 Å². The Bertz CT molecular complexity index is 1370. The first kappa shape index (κ1) is 24.9. The number of carbonyl (C=O) groups is 1. The molecular formula is C25H20F4N4O3. The molecule has 4 rings (SSSR count). The van der Waals surface area contributed by atoms with Gasteiger partial charge in [-0.05, 0) is 48.5 Å². The van der Waals surface area contributed by atoms with Gasteiger partial charge in [-0.2, -0.15) is 18.2 Å². The fraction of sp³-hybridized carbons (Fsp3) is 0.160. The maximum absolute atomic E-state index is 13.5.